The smallest absolute Gasteiger partial charge is 0.262 e. The van der Waals surface area contributed by atoms with Gasteiger partial charge in [0.1, 0.15) is 30.8 Å². The van der Waals surface area contributed by atoms with Crippen LogP contribution in [0.1, 0.15) is 38.0 Å². The topological polar surface area (TPSA) is 93.2 Å². The van der Waals surface area contributed by atoms with Gasteiger partial charge < -0.3 is 14.4 Å². The van der Waals surface area contributed by atoms with Gasteiger partial charge in [0.15, 0.2) is 5.78 Å². The van der Waals surface area contributed by atoms with E-state index in [0.29, 0.717) is 17.7 Å². The normalized spacial score (nSPS) is 18.0. The number of rotatable bonds is 6. The van der Waals surface area contributed by atoms with Crippen LogP contribution in [-0.4, -0.2) is 72.3 Å². The van der Waals surface area contributed by atoms with Gasteiger partial charge in [0.2, 0.25) is 5.91 Å². The molecule has 0 N–H and O–H groups in total. The SMILES string of the molecule is CC(=O)c1cc(F)ccc1OCC1CN(C(=O)CN2C(=O)c3ccccc3C2=O)CCO1. The van der Waals surface area contributed by atoms with Gasteiger partial charge in [-0.2, -0.15) is 0 Å². The van der Waals surface area contributed by atoms with Crippen LogP contribution in [0.5, 0.6) is 5.75 Å². The van der Waals surface area contributed by atoms with Gasteiger partial charge in [-0.15, -0.1) is 0 Å². The molecule has 1 fully saturated rings. The number of halogens is 1. The van der Waals surface area contributed by atoms with Crippen molar-refractivity contribution in [1.29, 1.82) is 0 Å². The van der Waals surface area contributed by atoms with Crippen LogP contribution < -0.4 is 4.74 Å². The molecule has 1 unspecified atom stereocenters. The molecule has 2 aliphatic heterocycles. The lowest BCUT2D eigenvalue weighted by molar-refractivity contribution is -0.140. The number of Topliss-reactive ketones (excluding diaryl/α,β-unsaturated/α-hetero) is 1. The summed E-state index contributed by atoms with van der Waals surface area (Å²) in [7, 11) is 0. The average molecular weight is 440 g/mol. The molecule has 0 radical (unpaired) electrons. The average Bonchev–Trinajstić information content (AvgIpc) is 3.03. The largest absolute Gasteiger partial charge is 0.490 e. The maximum Gasteiger partial charge on any atom is 0.262 e. The Morgan fingerprint density at radius 3 is 2.47 bits per heavy atom. The van der Waals surface area contributed by atoms with Crippen molar-refractivity contribution in [2.45, 2.75) is 13.0 Å². The molecule has 0 saturated carbocycles. The molecule has 2 heterocycles. The Labute approximate surface area is 183 Å². The van der Waals surface area contributed by atoms with Crippen molar-refractivity contribution in [1.82, 2.24) is 9.80 Å². The van der Waals surface area contributed by atoms with Crippen LogP contribution in [-0.2, 0) is 9.53 Å². The number of amides is 3. The second kappa shape index (κ2) is 8.88. The van der Waals surface area contributed by atoms with E-state index in [1.54, 1.807) is 24.3 Å². The third kappa shape index (κ3) is 4.24. The number of ether oxygens (including phenoxy) is 2. The monoisotopic (exact) mass is 440 g/mol. The van der Waals surface area contributed by atoms with Crippen molar-refractivity contribution >= 4 is 23.5 Å². The molecule has 166 valence electrons. The van der Waals surface area contributed by atoms with Crippen molar-refractivity contribution < 1.29 is 33.0 Å². The number of benzene rings is 2. The van der Waals surface area contributed by atoms with Crippen LogP contribution in [0.3, 0.4) is 0 Å². The van der Waals surface area contributed by atoms with Crippen LogP contribution in [0.25, 0.3) is 0 Å². The molecule has 1 saturated heterocycles. The van der Waals surface area contributed by atoms with Crippen LogP contribution in [0, 0.1) is 5.82 Å². The molecule has 2 aromatic carbocycles. The summed E-state index contributed by atoms with van der Waals surface area (Å²) >= 11 is 0. The molecule has 0 bridgehead atoms. The number of ketones is 1. The molecular weight excluding hydrogens is 419 g/mol. The highest BCUT2D eigenvalue weighted by molar-refractivity contribution is 6.22. The molecule has 1 atom stereocenters. The maximum atomic E-state index is 13.4. The van der Waals surface area contributed by atoms with E-state index in [2.05, 4.69) is 0 Å². The van der Waals surface area contributed by atoms with Gasteiger partial charge in [-0.3, -0.25) is 24.1 Å². The third-order valence-electron chi connectivity index (χ3n) is 5.41. The highest BCUT2D eigenvalue weighted by atomic mass is 19.1. The zero-order valence-corrected chi connectivity index (χ0v) is 17.4. The number of hydrogen-bond donors (Lipinski definition) is 0. The molecule has 0 aromatic heterocycles. The minimum Gasteiger partial charge on any atom is -0.490 e. The van der Waals surface area contributed by atoms with Crippen LogP contribution in [0.4, 0.5) is 4.39 Å². The van der Waals surface area contributed by atoms with Gasteiger partial charge in [-0.1, -0.05) is 12.1 Å². The number of carbonyl (C=O) groups is 4. The minimum absolute atomic E-state index is 0.0444. The minimum atomic E-state index is -0.540. The van der Waals surface area contributed by atoms with Gasteiger partial charge in [-0.25, -0.2) is 4.39 Å². The summed E-state index contributed by atoms with van der Waals surface area (Å²) < 4.78 is 24.7. The molecule has 32 heavy (non-hydrogen) atoms. The van der Waals surface area contributed by atoms with Gasteiger partial charge in [0.05, 0.1) is 29.8 Å². The fourth-order valence-corrected chi connectivity index (χ4v) is 3.75. The molecular formula is C23H21FN2O6. The molecule has 9 heteroatoms. The molecule has 3 amide bonds. The highest BCUT2D eigenvalue weighted by Gasteiger charge is 2.37. The summed E-state index contributed by atoms with van der Waals surface area (Å²) in [5, 5.41) is 0. The summed E-state index contributed by atoms with van der Waals surface area (Å²) in [6.07, 6.45) is -0.486. The summed E-state index contributed by atoms with van der Waals surface area (Å²) in [6, 6.07) is 10.1. The first-order valence-electron chi connectivity index (χ1n) is 10.1. The Bertz CT molecular complexity index is 1070. The standard InChI is InChI=1S/C23H21FN2O6/c1-14(27)19-10-15(24)6-7-20(19)32-13-16-11-25(8-9-31-16)21(28)12-26-22(29)17-4-2-3-5-18(17)23(26)30/h2-7,10,16H,8-9,11-13H2,1H3. The quantitative estimate of drug-likeness (QED) is 0.504. The summed E-state index contributed by atoms with van der Waals surface area (Å²) in [4.78, 5) is 52.0. The molecule has 8 nitrogen and oxygen atoms in total. The van der Waals surface area contributed by atoms with E-state index in [9.17, 15) is 23.6 Å². The fourth-order valence-electron chi connectivity index (χ4n) is 3.75. The lowest BCUT2D eigenvalue weighted by Crippen LogP contribution is -2.51. The lowest BCUT2D eigenvalue weighted by Gasteiger charge is -2.33. The second-order valence-corrected chi connectivity index (χ2v) is 7.58. The van der Waals surface area contributed by atoms with Crippen LogP contribution >= 0.6 is 0 Å². The van der Waals surface area contributed by atoms with Gasteiger partial charge in [0, 0.05) is 6.54 Å². The van der Waals surface area contributed by atoms with E-state index in [4.69, 9.17) is 9.47 Å². The summed E-state index contributed by atoms with van der Waals surface area (Å²) in [6.45, 7) is 1.77. The van der Waals surface area contributed by atoms with Gasteiger partial charge in [0.25, 0.3) is 11.8 Å². The summed E-state index contributed by atoms with van der Waals surface area (Å²) in [5.74, 6) is -1.99. The molecule has 0 aliphatic carbocycles. The molecule has 0 spiro atoms. The molecule has 2 aliphatic rings. The Morgan fingerprint density at radius 2 is 1.81 bits per heavy atom. The number of morpholine rings is 1. The number of carbonyl (C=O) groups excluding carboxylic acids is 4. The second-order valence-electron chi connectivity index (χ2n) is 7.58. The lowest BCUT2D eigenvalue weighted by atomic mass is 10.1. The first-order chi connectivity index (χ1) is 15.3. The van der Waals surface area contributed by atoms with E-state index in [-0.39, 0.29) is 49.3 Å². The predicted molar refractivity (Wildman–Crippen MR) is 110 cm³/mol. The Kier molecular flexibility index (Phi) is 6.00. The van der Waals surface area contributed by atoms with Crippen molar-refractivity contribution in [3.8, 4) is 5.75 Å². The summed E-state index contributed by atoms with van der Waals surface area (Å²) in [5.41, 5.74) is 0.706. The van der Waals surface area contributed by atoms with E-state index in [0.717, 1.165) is 11.0 Å². The highest BCUT2D eigenvalue weighted by Crippen LogP contribution is 2.23. The number of fused-ring (bicyclic) bond motifs is 1. The van der Waals surface area contributed by atoms with Crippen molar-refractivity contribution in [2.24, 2.45) is 0 Å². The van der Waals surface area contributed by atoms with Gasteiger partial charge in [-0.05, 0) is 37.3 Å². The molecule has 4 rings (SSSR count). The Hall–Kier alpha value is -3.59. The maximum absolute atomic E-state index is 13.4. The number of nitrogens with zero attached hydrogens (tertiary/aromatic N) is 2. The van der Waals surface area contributed by atoms with Crippen molar-refractivity contribution in [3.05, 3.63) is 65.0 Å². The van der Waals surface area contributed by atoms with Gasteiger partial charge >= 0.3 is 0 Å². The van der Waals surface area contributed by atoms with E-state index >= 15 is 0 Å². The van der Waals surface area contributed by atoms with Crippen molar-refractivity contribution in [2.75, 3.05) is 32.8 Å². The van der Waals surface area contributed by atoms with Crippen LogP contribution in [0.15, 0.2) is 42.5 Å². The fraction of sp³-hybridized carbons (Fsp3) is 0.304. The predicted octanol–water partition coefficient (Wildman–Crippen LogP) is 1.93. The van der Waals surface area contributed by atoms with E-state index in [1.165, 1.54) is 24.0 Å². The number of hydrogen-bond acceptors (Lipinski definition) is 6. The Balaban J connectivity index is 1.36. The van der Waals surface area contributed by atoms with Crippen LogP contribution in [0.2, 0.25) is 0 Å². The van der Waals surface area contributed by atoms with Crippen molar-refractivity contribution in [3.63, 3.8) is 0 Å². The third-order valence-corrected chi connectivity index (χ3v) is 5.41. The van der Waals surface area contributed by atoms with E-state index in [1.807, 2.05) is 0 Å². The number of imide groups is 1. The molecule has 2 aromatic rings. The van der Waals surface area contributed by atoms with E-state index < -0.39 is 23.7 Å². The first-order valence-corrected chi connectivity index (χ1v) is 10.1. The Morgan fingerprint density at radius 1 is 1.12 bits per heavy atom. The zero-order chi connectivity index (χ0) is 22.8. The zero-order valence-electron chi connectivity index (χ0n) is 17.4. The first kappa shape index (κ1) is 21.6.